The monoisotopic (exact) mass is 524 g/mol. The Kier molecular flexibility index (Phi) is 7.20. The Bertz CT molecular complexity index is 1210. The highest BCUT2D eigenvalue weighted by Crippen LogP contribution is 2.59. The zero-order chi connectivity index (χ0) is 26.9. The molecule has 10 nitrogen and oxygen atoms in total. The molecule has 202 valence electrons. The van der Waals surface area contributed by atoms with Crippen LogP contribution in [0, 0.1) is 17.2 Å². The van der Waals surface area contributed by atoms with E-state index in [1.165, 1.54) is 50.3 Å². The summed E-state index contributed by atoms with van der Waals surface area (Å²) in [7, 11) is 0. The SMILES string of the molecule is NC(=O)C1(C(N)=O)CC1c1ccc(Oc2ccnc(NC(=O)N3CCC(CN4CCCC4)CC3)c2)cc1F. The topological polar surface area (TPSA) is 144 Å². The molecule has 2 saturated heterocycles. The van der Waals surface area contributed by atoms with E-state index >= 15 is 0 Å². The summed E-state index contributed by atoms with van der Waals surface area (Å²) in [4.78, 5) is 44.8. The molecule has 5 N–H and O–H groups in total. The number of benzene rings is 1. The van der Waals surface area contributed by atoms with Crippen LogP contribution in [0.15, 0.2) is 36.5 Å². The first-order valence-corrected chi connectivity index (χ1v) is 13.1. The summed E-state index contributed by atoms with van der Waals surface area (Å²) in [5.74, 6) is -1.51. The molecule has 3 heterocycles. The van der Waals surface area contributed by atoms with E-state index in [0.717, 1.165) is 19.4 Å². The lowest BCUT2D eigenvalue weighted by molar-refractivity contribution is -0.133. The van der Waals surface area contributed by atoms with Crippen molar-refractivity contribution in [2.75, 3.05) is 38.0 Å². The molecule has 0 bridgehead atoms. The Labute approximate surface area is 220 Å². The van der Waals surface area contributed by atoms with E-state index in [2.05, 4.69) is 15.2 Å². The van der Waals surface area contributed by atoms with E-state index in [0.29, 0.717) is 30.6 Å². The van der Waals surface area contributed by atoms with Crippen molar-refractivity contribution >= 4 is 23.7 Å². The van der Waals surface area contributed by atoms with Crippen LogP contribution in [0.1, 0.15) is 43.6 Å². The quantitative estimate of drug-likeness (QED) is 0.453. The summed E-state index contributed by atoms with van der Waals surface area (Å²) < 4.78 is 20.6. The maximum atomic E-state index is 14.9. The molecule has 2 aromatic rings. The first-order valence-electron chi connectivity index (χ1n) is 13.1. The van der Waals surface area contributed by atoms with E-state index in [-0.39, 0.29) is 23.8 Å². The van der Waals surface area contributed by atoms with Crippen molar-refractivity contribution in [2.45, 2.75) is 38.0 Å². The molecule has 4 amide bonds. The Morgan fingerprint density at radius 2 is 1.71 bits per heavy atom. The first kappa shape index (κ1) is 25.9. The van der Waals surface area contributed by atoms with Gasteiger partial charge in [0.05, 0.1) is 0 Å². The van der Waals surface area contributed by atoms with Crippen molar-refractivity contribution in [3.8, 4) is 11.5 Å². The number of carbonyl (C=O) groups is 3. The largest absolute Gasteiger partial charge is 0.457 e. The number of nitrogens with zero attached hydrogens (tertiary/aromatic N) is 3. The molecular weight excluding hydrogens is 491 g/mol. The molecule has 38 heavy (non-hydrogen) atoms. The lowest BCUT2D eigenvalue weighted by Gasteiger charge is -2.33. The number of ether oxygens (including phenoxy) is 1. The number of urea groups is 1. The van der Waals surface area contributed by atoms with Crippen LogP contribution in [0.25, 0.3) is 0 Å². The summed E-state index contributed by atoms with van der Waals surface area (Å²) in [5.41, 5.74) is 9.33. The highest BCUT2D eigenvalue weighted by atomic mass is 19.1. The number of hydrogen-bond donors (Lipinski definition) is 3. The minimum absolute atomic E-state index is 0.0817. The van der Waals surface area contributed by atoms with Gasteiger partial charge in [-0.15, -0.1) is 0 Å². The van der Waals surface area contributed by atoms with Crippen molar-refractivity contribution in [3.63, 3.8) is 0 Å². The number of piperidine rings is 1. The Balaban J connectivity index is 1.16. The fourth-order valence-electron chi connectivity index (χ4n) is 5.68. The van der Waals surface area contributed by atoms with Crippen LogP contribution in [0.4, 0.5) is 15.0 Å². The van der Waals surface area contributed by atoms with Gasteiger partial charge in [-0.2, -0.15) is 0 Å². The van der Waals surface area contributed by atoms with Crippen molar-refractivity contribution in [1.29, 1.82) is 0 Å². The minimum Gasteiger partial charge on any atom is -0.457 e. The molecule has 0 spiro atoms. The number of carbonyl (C=O) groups excluding carboxylic acids is 3. The third kappa shape index (κ3) is 5.28. The number of hydrogen-bond acceptors (Lipinski definition) is 6. The van der Waals surface area contributed by atoms with Gasteiger partial charge in [0.15, 0.2) is 0 Å². The number of halogens is 1. The number of pyridine rings is 1. The average molecular weight is 525 g/mol. The molecule has 2 aliphatic heterocycles. The van der Waals surface area contributed by atoms with Crippen LogP contribution in [-0.2, 0) is 9.59 Å². The Morgan fingerprint density at radius 1 is 1.03 bits per heavy atom. The van der Waals surface area contributed by atoms with Crippen molar-refractivity contribution in [3.05, 3.63) is 47.9 Å². The molecule has 1 aromatic carbocycles. The van der Waals surface area contributed by atoms with E-state index in [9.17, 15) is 18.8 Å². The third-order valence-electron chi connectivity index (χ3n) is 8.01. The highest BCUT2D eigenvalue weighted by Gasteiger charge is 2.65. The highest BCUT2D eigenvalue weighted by molar-refractivity contribution is 6.08. The van der Waals surface area contributed by atoms with E-state index in [4.69, 9.17) is 16.2 Å². The molecule has 1 atom stereocenters. The van der Waals surface area contributed by atoms with Gasteiger partial charge < -0.3 is 26.0 Å². The van der Waals surface area contributed by atoms with Gasteiger partial charge in [-0.1, -0.05) is 6.07 Å². The number of primary amides is 2. The number of rotatable bonds is 8. The molecule has 3 fully saturated rings. The van der Waals surface area contributed by atoms with Crippen LogP contribution in [0.2, 0.25) is 0 Å². The van der Waals surface area contributed by atoms with Gasteiger partial charge in [0.1, 0.15) is 28.5 Å². The van der Waals surface area contributed by atoms with Gasteiger partial charge in [-0.25, -0.2) is 14.2 Å². The predicted octanol–water partition coefficient (Wildman–Crippen LogP) is 2.80. The summed E-state index contributed by atoms with van der Waals surface area (Å²) in [5, 5.41) is 2.82. The van der Waals surface area contributed by atoms with Crippen LogP contribution in [0.5, 0.6) is 11.5 Å². The van der Waals surface area contributed by atoms with Gasteiger partial charge in [-0.05, 0) is 68.8 Å². The summed E-state index contributed by atoms with van der Waals surface area (Å²) in [6.45, 7) is 4.91. The van der Waals surface area contributed by atoms with Crippen molar-refractivity contribution in [1.82, 2.24) is 14.8 Å². The van der Waals surface area contributed by atoms with Gasteiger partial charge in [0.25, 0.3) is 0 Å². The Hall–Kier alpha value is -3.73. The molecule has 11 heteroatoms. The number of anilines is 1. The zero-order valence-corrected chi connectivity index (χ0v) is 21.2. The maximum Gasteiger partial charge on any atom is 0.323 e. The Morgan fingerprint density at radius 3 is 2.34 bits per heavy atom. The number of likely N-dealkylation sites (tertiary alicyclic amines) is 2. The standard InChI is InChI=1S/C27H33FN6O4/c28-22-13-18(3-4-20(22)21-15-27(21,24(29)35)25(30)36)38-19-5-8-31-23(14-19)32-26(37)34-11-6-17(7-12-34)16-33-9-1-2-10-33/h3-5,8,13-14,17,21H,1-2,6-7,9-12,15-16H2,(H2,29,35)(H2,30,36)(H,31,32,37). The third-order valence-corrected chi connectivity index (χ3v) is 8.01. The van der Waals surface area contributed by atoms with Gasteiger partial charge in [0.2, 0.25) is 11.8 Å². The normalized spacial score (nSPS) is 21.2. The summed E-state index contributed by atoms with van der Waals surface area (Å²) in [6.07, 6.45) is 6.12. The van der Waals surface area contributed by atoms with Crippen LogP contribution < -0.4 is 21.5 Å². The van der Waals surface area contributed by atoms with Crippen LogP contribution >= 0.6 is 0 Å². The minimum atomic E-state index is -1.55. The number of aromatic nitrogens is 1. The molecular formula is C27H33FN6O4. The fraction of sp³-hybridized carbons (Fsp3) is 0.481. The number of nitrogens with two attached hydrogens (primary N) is 2. The molecule has 1 unspecified atom stereocenters. The second kappa shape index (κ2) is 10.6. The second-order valence-corrected chi connectivity index (χ2v) is 10.5. The molecule has 1 aliphatic carbocycles. The molecule has 0 radical (unpaired) electrons. The smallest absolute Gasteiger partial charge is 0.323 e. The lowest BCUT2D eigenvalue weighted by atomic mass is 9.96. The first-order chi connectivity index (χ1) is 18.3. The molecule has 1 saturated carbocycles. The van der Waals surface area contributed by atoms with Crippen LogP contribution in [0.3, 0.4) is 0 Å². The summed E-state index contributed by atoms with van der Waals surface area (Å²) >= 11 is 0. The molecule has 3 aliphatic rings. The molecule has 5 rings (SSSR count). The summed E-state index contributed by atoms with van der Waals surface area (Å²) in [6, 6.07) is 7.12. The number of amides is 4. The predicted molar refractivity (Wildman–Crippen MR) is 138 cm³/mol. The van der Waals surface area contributed by atoms with Crippen molar-refractivity contribution < 1.29 is 23.5 Å². The lowest BCUT2D eigenvalue weighted by Crippen LogP contribution is -2.43. The van der Waals surface area contributed by atoms with Crippen LogP contribution in [-0.4, -0.2) is 65.4 Å². The van der Waals surface area contributed by atoms with E-state index in [1.54, 1.807) is 17.0 Å². The average Bonchev–Trinajstić information content (AvgIpc) is 3.45. The number of nitrogens with one attached hydrogen (secondary N) is 1. The van der Waals surface area contributed by atoms with E-state index < -0.39 is 29.0 Å². The van der Waals surface area contributed by atoms with Gasteiger partial charge in [-0.3, -0.25) is 14.9 Å². The second-order valence-electron chi connectivity index (χ2n) is 10.5. The molecule has 1 aromatic heterocycles. The zero-order valence-electron chi connectivity index (χ0n) is 21.2. The van der Waals surface area contributed by atoms with Crippen molar-refractivity contribution in [2.24, 2.45) is 22.8 Å². The fourth-order valence-corrected chi connectivity index (χ4v) is 5.68. The van der Waals surface area contributed by atoms with Gasteiger partial charge in [0, 0.05) is 43.9 Å². The van der Waals surface area contributed by atoms with E-state index in [1.807, 2.05) is 0 Å². The van der Waals surface area contributed by atoms with Gasteiger partial charge >= 0.3 is 6.03 Å². The maximum absolute atomic E-state index is 14.9.